The summed E-state index contributed by atoms with van der Waals surface area (Å²) in [6.07, 6.45) is 3.19. The van der Waals surface area contributed by atoms with Crippen molar-refractivity contribution in [2.45, 2.75) is 45.7 Å². The van der Waals surface area contributed by atoms with E-state index in [0.29, 0.717) is 6.04 Å². The van der Waals surface area contributed by atoms with Crippen molar-refractivity contribution >= 4 is 0 Å². The molecule has 1 aliphatic heterocycles. The van der Waals surface area contributed by atoms with Crippen molar-refractivity contribution in [3.05, 3.63) is 34.9 Å². The second kappa shape index (κ2) is 7.77. The summed E-state index contributed by atoms with van der Waals surface area (Å²) in [6, 6.07) is 7.55. The SMILES string of the molecule is CCC1c2ccc(CNCCCO)cc2CCN1CC. The number of aliphatic hydroxyl groups is 1. The van der Waals surface area contributed by atoms with Crippen molar-refractivity contribution in [2.24, 2.45) is 0 Å². The van der Waals surface area contributed by atoms with Gasteiger partial charge in [0.05, 0.1) is 0 Å². The van der Waals surface area contributed by atoms with Gasteiger partial charge in [0.15, 0.2) is 0 Å². The molecular formula is C17H28N2O. The van der Waals surface area contributed by atoms with Gasteiger partial charge >= 0.3 is 0 Å². The van der Waals surface area contributed by atoms with Crippen LogP contribution in [0.25, 0.3) is 0 Å². The third kappa shape index (κ3) is 3.60. The van der Waals surface area contributed by atoms with Gasteiger partial charge in [0.1, 0.15) is 0 Å². The predicted octanol–water partition coefficient (Wildman–Crippen LogP) is 2.49. The summed E-state index contributed by atoms with van der Waals surface area (Å²) in [7, 11) is 0. The number of fused-ring (bicyclic) bond motifs is 1. The van der Waals surface area contributed by atoms with Gasteiger partial charge in [-0.25, -0.2) is 0 Å². The average Bonchev–Trinajstić information content (AvgIpc) is 2.50. The standard InChI is InChI=1S/C17H28N2O/c1-3-17-16-7-6-14(13-18-9-5-11-20)12-15(16)8-10-19(17)4-2/h6-7,12,17-18,20H,3-5,8-11,13H2,1-2H3. The summed E-state index contributed by atoms with van der Waals surface area (Å²) in [6.45, 7) is 8.92. The number of nitrogens with zero attached hydrogens (tertiary/aromatic N) is 1. The topological polar surface area (TPSA) is 35.5 Å². The molecule has 0 aromatic heterocycles. The van der Waals surface area contributed by atoms with E-state index in [1.54, 1.807) is 0 Å². The van der Waals surface area contributed by atoms with Crippen LogP contribution < -0.4 is 5.32 Å². The molecule has 0 saturated carbocycles. The Balaban J connectivity index is 2.04. The van der Waals surface area contributed by atoms with Crippen molar-refractivity contribution in [1.29, 1.82) is 0 Å². The van der Waals surface area contributed by atoms with Crippen LogP contribution in [0.5, 0.6) is 0 Å². The highest BCUT2D eigenvalue weighted by molar-refractivity contribution is 5.36. The summed E-state index contributed by atoms with van der Waals surface area (Å²) in [5.74, 6) is 0. The van der Waals surface area contributed by atoms with Crippen LogP contribution in [0.1, 0.15) is 49.4 Å². The third-order valence-electron chi connectivity index (χ3n) is 4.31. The molecular weight excluding hydrogens is 248 g/mol. The molecule has 1 aliphatic rings. The van der Waals surface area contributed by atoms with Crippen molar-refractivity contribution in [2.75, 3.05) is 26.2 Å². The van der Waals surface area contributed by atoms with Gasteiger partial charge < -0.3 is 10.4 Å². The molecule has 0 bridgehead atoms. The molecule has 20 heavy (non-hydrogen) atoms. The van der Waals surface area contributed by atoms with Gasteiger partial charge in [0.25, 0.3) is 0 Å². The second-order valence-corrected chi connectivity index (χ2v) is 5.59. The molecule has 3 nitrogen and oxygen atoms in total. The van der Waals surface area contributed by atoms with E-state index >= 15 is 0 Å². The zero-order valence-electron chi connectivity index (χ0n) is 12.9. The van der Waals surface area contributed by atoms with Crippen LogP contribution in [0.4, 0.5) is 0 Å². The van der Waals surface area contributed by atoms with Crippen LogP contribution in [-0.4, -0.2) is 36.2 Å². The normalized spacial score (nSPS) is 19.1. The van der Waals surface area contributed by atoms with Gasteiger partial charge in [-0.2, -0.15) is 0 Å². The first-order valence-electron chi connectivity index (χ1n) is 7.97. The van der Waals surface area contributed by atoms with Crippen LogP contribution in [0, 0.1) is 0 Å². The molecule has 1 aromatic rings. The molecule has 0 aliphatic carbocycles. The number of hydrogen-bond acceptors (Lipinski definition) is 3. The highest BCUT2D eigenvalue weighted by Gasteiger charge is 2.24. The molecule has 1 atom stereocenters. The summed E-state index contributed by atoms with van der Waals surface area (Å²) in [5.41, 5.74) is 4.42. The molecule has 0 radical (unpaired) electrons. The molecule has 0 fully saturated rings. The van der Waals surface area contributed by atoms with E-state index in [2.05, 4.69) is 42.3 Å². The Morgan fingerprint density at radius 3 is 2.90 bits per heavy atom. The molecule has 1 heterocycles. The smallest absolute Gasteiger partial charge is 0.0443 e. The molecule has 112 valence electrons. The Labute approximate surface area is 123 Å². The van der Waals surface area contributed by atoms with Gasteiger partial charge in [-0.1, -0.05) is 32.0 Å². The quantitative estimate of drug-likeness (QED) is 0.751. The Morgan fingerprint density at radius 1 is 1.35 bits per heavy atom. The van der Waals surface area contributed by atoms with E-state index in [-0.39, 0.29) is 6.61 Å². The molecule has 0 amide bonds. The molecule has 1 aromatic carbocycles. The Kier molecular flexibility index (Phi) is 6.02. The van der Waals surface area contributed by atoms with Gasteiger partial charge in [0, 0.05) is 25.7 Å². The van der Waals surface area contributed by atoms with Gasteiger partial charge in [-0.3, -0.25) is 4.90 Å². The lowest BCUT2D eigenvalue weighted by Gasteiger charge is -2.36. The van der Waals surface area contributed by atoms with E-state index in [4.69, 9.17) is 5.11 Å². The summed E-state index contributed by atoms with van der Waals surface area (Å²) in [5, 5.41) is 12.2. The highest BCUT2D eigenvalue weighted by atomic mass is 16.3. The fraction of sp³-hybridized carbons (Fsp3) is 0.647. The molecule has 0 spiro atoms. The first-order chi connectivity index (χ1) is 9.80. The highest BCUT2D eigenvalue weighted by Crippen LogP contribution is 2.32. The fourth-order valence-electron chi connectivity index (χ4n) is 3.22. The maximum Gasteiger partial charge on any atom is 0.0443 e. The Morgan fingerprint density at radius 2 is 2.20 bits per heavy atom. The van der Waals surface area contributed by atoms with Crippen LogP contribution in [0.3, 0.4) is 0 Å². The molecule has 3 heteroatoms. The van der Waals surface area contributed by atoms with E-state index in [9.17, 15) is 0 Å². The lowest BCUT2D eigenvalue weighted by atomic mass is 9.89. The fourth-order valence-corrected chi connectivity index (χ4v) is 3.22. The minimum absolute atomic E-state index is 0.266. The van der Waals surface area contributed by atoms with Crippen LogP contribution in [0.15, 0.2) is 18.2 Å². The van der Waals surface area contributed by atoms with Crippen molar-refractivity contribution in [1.82, 2.24) is 10.2 Å². The lowest BCUT2D eigenvalue weighted by Crippen LogP contribution is -2.35. The molecule has 1 unspecified atom stereocenters. The average molecular weight is 276 g/mol. The molecule has 2 rings (SSSR count). The van der Waals surface area contributed by atoms with Gasteiger partial charge in [0.2, 0.25) is 0 Å². The lowest BCUT2D eigenvalue weighted by molar-refractivity contribution is 0.190. The zero-order valence-corrected chi connectivity index (χ0v) is 12.9. The van der Waals surface area contributed by atoms with Crippen molar-refractivity contribution < 1.29 is 5.11 Å². The summed E-state index contributed by atoms with van der Waals surface area (Å²) < 4.78 is 0. The minimum Gasteiger partial charge on any atom is -0.396 e. The third-order valence-corrected chi connectivity index (χ3v) is 4.31. The predicted molar refractivity (Wildman–Crippen MR) is 83.8 cm³/mol. The number of aliphatic hydroxyl groups excluding tert-OH is 1. The van der Waals surface area contributed by atoms with E-state index in [1.165, 1.54) is 36.1 Å². The number of benzene rings is 1. The number of likely N-dealkylation sites (N-methyl/N-ethyl adjacent to an activating group) is 1. The maximum atomic E-state index is 8.78. The number of nitrogens with one attached hydrogen (secondary N) is 1. The summed E-state index contributed by atoms with van der Waals surface area (Å²) >= 11 is 0. The van der Waals surface area contributed by atoms with Crippen molar-refractivity contribution in [3.63, 3.8) is 0 Å². The summed E-state index contributed by atoms with van der Waals surface area (Å²) in [4.78, 5) is 2.58. The molecule has 2 N–H and O–H groups in total. The monoisotopic (exact) mass is 276 g/mol. The van der Waals surface area contributed by atoms with Gasteiger partial charge in [-0.15, -0.1) is 0 Å². The van der Waals surface area contributed by atoms with E-state index in [0.717, 1.165) is 26.1 Å². The zero-order chi connectivity index (χ0) is 14.4. The second-order valence-electron chi connectivity index (χ2n) is 5.59. The van der Waals surface area contributed by atoms with E-state index < -0.39 is 0 Å². The van der Waals surface area contributed by atoms with Crippen LogP contribution in [0.2, 0.25) is 0 Å². The van der Waals surface area contributed by atoms with E-state index in [1.807, 2.05) is 0 Å². The largest absolute Gasteiger partial charge is 0.396 e. The number of hydrogen-bond donors (Lipinski definition) is 2. The Hall–Kier alpha value is -0.900. The first kappa shape index (κ1) is 15.5. The first-order valence-corrected chi connectivity index (χ1v) is 7.97. The Bertz CT molecular complexity index is 419. The minimum atomic E-state index is 0.266. The number of rotatable bonds is 7. The molecule has 0 saturated heterocycles. The van der Waals surface area contributed by atoms with Gasteiger partial charge in [-0.05, 0) is 49.0 Å². The van der Waals surface area contributed by atoms with Crippen LogP contribution in [-0.2, 0) is 13.0 Å². The van der Waals surface area contributed by atoms with Crippen LogP contribution >= 0.6 is 0 Å². The maximum absolute atomic E-state index is 8.78. The van der Waals surface area contributed by atoms with Crippen molar-refractivity contribution in [3.8, 4) is 0 Å².